The van der Waals surface area contributed by atoms with Crippen molar-refractivity contribution in [1.82, 2.24) is 19.8 Å². The first-order valence-electron chi connectivity index (χ1n) is 11.3. The number of ether oxygens (including phenoxy) is 1. The van der Waals surface area contributed by atoms with Gasteiger partial charge in [-0.3, -0.25) is 9.59 Å². The molecule has 1 unspecified atom stereocenters. The van der Waals surface area contributed by atoms with Crippen molar-refractivity contribution in [3.05, 3.63) is 77.9 Å². The fraction of sp³-hybridized carbons (Fsp3) is 0.346. The molecule has 1 saturated heterocycles. The van der Waals surface area contributed by atoms with Crippen molar-refractivity contribution in [1.29, 1.82) is 0 Å². The van der Waals surface area contributed by atoms with Crippen LogP contribution in [-0.4, -0.2) is 52.5 Å². The first kappa shape index (κ1) is 22.6. The number of piperidine rings is 1. The highest BCUT2D eigenvalue weighted by Gasteiger charge is 2.25. The third-order valence-corrected chi connectivity index (χ3v) is 6.01. The third-order valence-electron chi connectivity index (χ3n) is 6.01. The van der Waals surface area contributed by atoms with E-state index in [2.05, 4.69) is 10.3 Å². The summed E-state index contributed by atoms with van der Waals surface area (Å²) in [7, 11) is 1.59. The molecule has 0 radical (unpaired) electrons. The van der Waals surface area contributed by atoms with E-state index in [1.165, 1.54) is 0 Å². The summed E-state index contributed by atoms with van der Waals surface area (Å²) in [5.74, 6) is 0.575. The summed E-state index contributed by atoms with van der Waals surface area (Å²) in [6.07, 6.45) is 6.58. The van der Waals surface area contributed by atoms with E-state index in [9.17, 15) is 9.59 Å². The van der Waals surface area contributed by atoms with Crippen LogP contribution in [0, 0.1) is 6.92 Å². The molecule has 1 aliphatic heterocycles. The highest BCUT2D eigenvalue weighted by Crippen LogP contribution is 2.25. The summed E-state index contributed by atoms with van der Waals surface area (Å²) < 4.78 is 7.39. The number of carbonyl (C=O) groups is 2. The van der Waals surface area contributed by atoms with Gasteiger partial charge in [-0.25, -0.2) is 4.98 Å². The Kier molecular flexibility index (Phi) is 7.07. The van der Waals surface area contributed by atoms with Gasteiger partial charge in [-0.15, -0.1) is 0 Å². The lowest BCUT2D eigenvalue weighted by molar-refractivity contribution is -0.132. The molecule has 0 aliphatic carbocycles. The average molecular weight is 447 g/mol. The molecule has 7 nitrogen and oxygen atoms in total. The summed E-state index contributed by atoms with van der Waals surface area (Å²) in [4.78, 5) is 31.8. The van der Waals surface area contributed by atoms with E-state index < -0.39 is 0 Å². The molecule has 3 aromatic rings. The highest BCUT2D eigenvalue weighted by atomic mass is 16.5. The van der Waals surface area contributed by atoms with Crippen molar-refractivity contribution in [3.8, 4) is 11.4 Å². The molecule has 4 rings (SSSR count). The van der Waals surface area contributed by atoms with Crippen LogP contribution in [0.3, 0.4) is 0 Å². The van der Waals surface area contributed by atoms with Crippen molar-refractivity contribution in [3.63, 3.8) is 0 Å². The molecule has 1 aliphatic rings. The number of hydrogen-bond acceptors (Lipinski definition) is 4. The smallest absolute Gasteiger partial charge is 0.251 e. The van der Waals surface area contributed by atoms with Crippen LogP contribution in [0.4, 0.5) is 0 Å². The summed E-state index contributed by atoms with van der Waals surface area (Å²) in [5.41, 5.74) is 3.41. The zero-order chi connectivity index (χ0) is 23.2. The minimum absolute atomic E-state index is 0.0612. The van der Waals surface area contributed by atoms with Gasteiger partial charge in [-0.2, -0.15) is 0 Å². The lowest BCUT2D eigenvalue weighted by Gasteiger charge is -2.33. The molecule has 1 atom stereocenters. The molecule has 33 heavy (non-hydrogen) atoms. The highest BCUT2D eigenvalue weighted by molar-refractivity contribution is 5.95. The van der Waals surface area contributed by atoms with Crippen LogP contribution in [0.25, 0.3) is 5.69 Å². The topological polar surface area (TPSA) is 76.5 Å². The number of imidazole rings is 1. The number of benzene rings is 2. The summed E-state index contributed by atoms with van der Waals surface area (Å²) in [6, 6.07) is 15.4. The van der Waals surface area contributed by atoms with Crippen LogP contribution in [0.2, 0.25) is 0 Å². The lowest BCUT2D eigenvalue weighted by atomic mass is 10.0. The van der Waals surface area contributed by atoms with Crippen LogP contribution in [0.5, 0.6) is 5.75 Å². The van der Waals surface area contributed by atoms with E-state index >= 15 is 0 Å². The number of nitrogens with zero attached hydrogens (tertiary/aromatic N) is 3. The van der Waals surface area contributed by atoms with Crippen molar-refractivity contribution < 1.29 is 14.3 Å². The fourth-order valence-electron chi connectivity index (χ4n) is 4.23. The Labute approximate surface area is 194 Å². The molecular formula is C26H30N4O3. The maximum atomic E-state index is 12.9. The molecule has 1 N–H and O–H groups in total. The van der Waals surface area contributed by atoms with Gasteiger partial charge in [0.25, 0.3) is 5.91 Å². The zero-order valence-corrected chi connectivity index (χ0v) is 19.2. The number of rotatable bonds is 7. The number of amides is 2. The fourth-order valence-corrected chi connectivity index (χ4v) is 4.23. The Morgan fingerprint density at radius 2 is 2.00 bits per heavy atom. The normalized spacial score (nSPS) is 15.8. The minimum Gasteiger partial charge on any atom is -0.495 e. The van der Waals surface area contributed by atoms with Gasteiger partial charge in [0, 0.05) is 37.3 Å². The van der Waals surface area contributed by atoms with E-state index in [0.717, 1.165) is 42.8 Å². The number of hydrogen-bond donors (Lipinski definition) is 1. The second-order valence-electron chi connectivity index (χ2n) is 8.45. The Bertz CT molecular complexity index is 1110. The number of aromatic nitrogens is 2. The minimum atomic E-state index is -0.162. The number of aryl methyl sites for hydroxylation is 2. The Morgan fingerprint density at radius 1 is 1.18 bits per heavy atom. The Hall–Kier alpha value is -3.61. The lowest BCUT2D eigenvalue weighted by Crippen LogP contribution is -2.49. The van der Waals surface area contributed by atoms with Gasteiger partial charge in [-0.1, -0.05) is 30.3 Å². The largest absolute Gasteiger partial charge is 0.495 e. The number of nitrogens with one attached hydrogen (secondary N) is 1. The van der Waals surface area contributed by atoms with Gasteiger partial charge < -0.3 is 19.5 Å². The molecule has 0 bridgehead atoms. The predicted octanol–water partition coefficient (Wildman–Crippen LogP) is 3.54. The number of likely N-dealkylation sites (tertiary alicyclic amines) is 1. The molecule has 2 amide bonds. The molecule has 2 heterocycles. The van der Waals surface area contributed by atoms with Crippen LogP contribution in [0.1, 0.15) is 40.9 Å². The predicted molar refractivity (Wildman–Crippen MR) is 127 cm³/mol. The van der Waals surface area contributed by atoms with Crippen LogP contribution in [0.15, 0.2) is 61.1 Å². The summed E-state index contributed by atoms with van der Waals surface area (Å²) in [6.45, 7) is 3.21. The van der Waals surface area contributed by atoms with E-state index in [-0.39, 0.29) is 17.9 Å². The zero-order valence-electron chi connectivity index (χ0n) is 19.2. The summed E-state index contributed by atoms with van der Waals surface area (Å²) >= 11 is 0. The Morgan fingerprint density at radius 3 is 2.73 bits per heavy atom. The van der Waals surface area contributed by atoms with Crippen molar-refractivity contribution >= 4 is 11.8 Å². The van der Waals surface area contributed by atoms with Gasteiger partial charge in [0.05, 0.1) is 24.8 Å². The van der Waals surface area contributed by atoms with Gasteiger partial charge in [-0.05, 0) is 49.9 Å². The van der Waals surface area contributed by atoms with Gasteiger partial charge in [0.1, 0.15) is 5.75 Å². The second-order valence-corrected chi connectivity index (χ2v) is 8.45. The number of methoxy groups -OCH3 is 1. The molecule has 172 valence electrons. The number of carbonyl (C=O) groups excluding carboxylic acids is 2. The second kappa shape index (κ2) is 10.3. The van der Waals surface area contributed by atoms with Gasteiger partial charge >= 0.3 is 0 Å². The van der Waals surface area contributed by atoms with Gasteiger partial charge in [0.2, 0.25) is 5.91 Å². The van der Waals surface area contributed by atoms with E-state index in [0.29, 0.717) is 24.3 Å². The van der Waals surface area contributed by atoms with E-state index in [1.807, 2.05) is 59.0 Å². The maximum absolute atomic E-state index is 12.9. The first-order chi connectivity index (χ1) is 16.0. The van der Waals surface area contributed by atoms with Crippen molar-refractivity contribution in [2.75, 3.05) is 20.2 Å². The summed E-state index contributed by atoms with van der Waals surface area (Å²) in [5, 5.41) is 3.10. The first-order valence-corrected chi connectivity index (χ1v) is 11.3. The average Bonchev–Trinajstić information content (AvgIpc) is 3.28. The Balaban J connectivity index is 1.36. The van der Waals surface area contributed by atoms with E-state index in [4.69, 9.17) is 4.74 Å². The molecule has 2 aromatic carbocycles. The molecule has 0 spiro atoms. The maximum Gasteiger partial charge on any atom is 0.251 e. The molecule has 1 fully saturated rings. The van der Waals surface area contributed by atoms with Crippen molar-refractivity contribution in [2.24, 2.45) is 0 Å². The van der Waals surface area contributed by atoms with E-state index in [1.54, 1.807) is 25.6 Å². The van der Waals surface area contributed by atoms with Crippen molar-refractivity contribution in [2.45, 2.75) is 38.6 Å². The molecule has 7 heteroatoms. The van der Waals surface area contributed by atoms with Crippen LogP contribution in [-0.2, 0) is 11.2 Å². The quantitative estimate of drug-likeness (QED) is 0.602. The standard InChI is InChI=1S/C26H30N4O3/c1-19-16-30(18-27-19)23-12-11-21(15-24(23)33-2)26(32)28-22-9-6-14-29(17-22)25(31)13-10-20-7-4-3-5-8-20/h3-5,7-8,11-12,15-16,18,22H,6,9-10,13-14,17H2,1-2H3,(H,28,32). The van der Waals surface area contributed by atoms with Gasteiger partial charge in [0.15, 0.2) is 0 Å². The monoisotopic (exact) mass is 446 g/mol. The molecule has 0 saturated carbocycles. The third kappa shape index (κ3) is 5.61. The molecular weight excluding hydrogens is 416 g/mol. The SMILES string of the molecule is COc1cc(C(=O)NC2CCCN(C(=O)CCc3ccccc3)C2)ccc1-n1cnc(C)c1. The molecule has 1 aromatic heterocycles. The van der Waals surface area contributed by atoms with Crippen LogP contribution < -0.4 is 10.1 Å². The van der Waals surface area contributed by atoms with Crippen LogP contribution >= 0.6 is 0 Å².